The van der Waals surface area contributed by atoms with E-state index in [4.69, 9.17) is 5.73 Å². The van der Waals surface area contributed by atoms with Crippen molar-refractivity contribution >= 4 is 0 Å². The van der Waals surface area contributed by atoms with E-state index in [1.54, 1.807) is 6.07 Å². The Bertz CT molecular complexity index is 402. The fourth-order valence-corrected chi connectivity index (χ4v) is 2.20. The van der Waals surface area contributed by atoms with Crippen LogP contribution in [0.2, 0.25) is 0 Å². The fourth-order valence-electron chi connectivity index (χ4n) is 2.20. The maximum Gasteiger partial charge on any atom is 0.416 e. The molecule has 0 fully saturated rings. The molecule has 19 heavy (non-hydrogen) atoms. The highest BCUT2D eigenvalue weighted by molar-refractivity contribution is 5.28. The molecule has 0 aliphatic heterocycles. The smallest absolute Gasteiger partial charge is 0.329 e. The van der Waals surface area contributed by atoms with Crippen LogP contribution in [-0.4, -0.2) is 25.0 Å². The fraction of sp³-hybridized carbons (Fsp3) is 0.571. The van der Waals surface area contributed by atoms with Gasteiger partial charge in [0.1, 0.15) is 0 Å². The van der Waals surface area contributed by atoms with Crippen molar-refractivity contribution in [3.05, 3.63) is 35.4 Å². The number of benzene rings is 1. The molecule has 0 spiro atoms. The number of rotatable bonds is 5. The SMILES string of the molecule is CC(C)CN(C)C(CN)c1cccc(C(F)(F)F)c1. The second-order valence-electron chi connectivity index (χ2n) is 5.21. The highest BCUT2D eigenvalue weighted by Crippen LogP contribution is 2.31. The normalized spacial score (nSPS) is 14.2. The summed E-state index contributed by atoms with van der Waals surface area (Å²) < 4.78 is 38.1. The van der Waals surface area contributed by atoms with E-state index in [1.165, 1.54) is 12.1 Å². The van der Waals surface area contributed by atoms with Gasteiger partial charge in [0.2, 0.25) is 0 Å². The number of nitrogens with two attached hydrogens (primary N) is 1. The first-order valence-electron chi connectivity index (χ1n) is 6.33. The van der Waals surface area contributed by atoms with Gasteiger partial charge in [0.25, 0.3) is 0 Å². The van der Waals surface area contributed by atoms with Gasteiger partial charge in [-0.15, -0.1) is 0 Å². The summed E-state index contributed by atoms with van der Waals surface area (Å²) in [4.78, 5) is 2.00. The first-order chi connectivity index (χ1) is 8.75. The summed E-state index contributed by atoms with van der Waals surface area (Å²) in [6.07, 6.45) is -4.31. The largest absolute Gasteiger partial charge is 0.416 e. The van der Waals surface area contributed by atoms with Crippen molar-refractivity contribution in [3.8, 4) is 0 Å². The summed E-state index contributed by atoms with van der Waals surface area (Å²) >= 11 is 0. The monoisotopic (exact) mass is 274 g/mol. The molecule has 1 atom stereocenters. The molecule has 0 bridgehead atoms. The van der Waals surface area contributed by atoms with E-state index < -0.39 is 11.7 Å². The van der Waals surface area contributed by atoms with Gasteiger partial charge in [-0.3, -0.25) is 4.90 Å². The average molecular weight is 274 g/mol. The van der Waals surface area contributed by atoms with Crippen LogP contribution in [0, 0.1) is 5.92 Å². The Kier molecular flexibility index (Phi) is 5.38. The molecule has 0 heterocycles. The molecule has 1 aromatic rings. The van der Waals surface area contributed by atoms with Crippen LogP contribution in [0.25, 0.3) is 0 Å². The molecule has 0 aliphatic carbocycles. The number of hydrogen-bond acceptors (Lipinski definition) is 2. The summed E-state index contributed by atoms with van der Waals surface area (Å²) in [5, 5.41) is 0. The maximum absolute atomic E-state index is 12.7. The van der Waals surface area contributed by atoms with Gasteiger partial charge in [-0.1, -0.05) is 26.0 Å². The van der Waals surface area contributed by atoms with E-state index >= 15 is 0 Å². The van der Waals surface area contributed by atoms with Crippen LogP contribution >= 0.6 is 0 Å². The zero-order chi connectivity index (χ0) is 14.6. The Hall–Kier alpha value is -1.07. The zero-order valence-electron chi connectivity index (χ0n) is 11.5. The van der Waals surface area contributed by atoms with Gasteiger partial charge in [0.15, 0.2) is 0 Å². The van der Waals surface area contributed by atoms with Crippen molar-refractivity contribution in [2.75, 3.05) is 20.1 Å². The lowest BCUT2D eigenvalue weighted by Gasteiger charge is -2.29. The summed E-state index contributed by atoms with van der Waals surface area (Å²) in [7, 11) is 1.89. The Morgan fingerprint density at radius 3 is 2.37 bits per heavy atom. The lowest BCUT2D eigenvalue weighted by molar-refractivity contribution is -0.137. The van der Waals surface area contributed by atoms with Crippen molar-refractivity contribution in [1.29, 1.82) is 0 Å². The van der Waals surface area contributed by atoms with E-state index in [9.17, 15) is 13.2 Å². The van der Waals surface area contributed by atoms with Gasteiger partial charge in [0, 0.05) is 19.1 Å². The van der Waals surface area contributed by atoms with Crippen LogP contribution in [0.5, 0.6) is 0 Å². The Balaban J connectivity index is 2.99. The van der Waals surface area contributed by atoms with Crippen molar-refractivity contribution in [1.82, 2.24) is 4.90 Å². The zero-order valence-corrected chi connectivity index (χ0v) is 11.5. The molecule has 0 aliphatic rings. The molecule has 0 saturated heterocycles. The van der Waals surface area contributed by atoms with Crippen molar-refractivity contribution in [2.24, 2.45) is 11.7 Å². The highest BCUT2D eigenvalue weighted by Gasteiger charge is 2.31. The van der Waals surface area contributed by atoms with Crippen LogP contribution in [-0.2, 0) is 6.18 Å². The summed E-state index contributed by atoms with van der Waals surface area (Å²) in [5.41, 5.74) is 5.71. The molecule has 2 nitrogen and oxygen atoms in total. The molecule has 2 N–H and O–H groups in total. The first kappa shape index (κ1) is 16.0. The number of nitrogens with zero attached hydrogens (tertiary/aromatic N) is 1. The molecule has 1 rings (SSSR count). The van der Waals surface area contributed by atoms with Gasteiger partial charge >= 0.3 is 6.18 Å². The lowest BCUT2D eigenvalue weighted by atomic mass is 10.0. The molecular weight excluding hydrogens is 253 g/mol. The van der Waals surface area contributed by atoms with Crippen molar-refractivity contribution in [3.63, 3.8) is 0 Å². The minimum atomic E-state index is -4.31. The molecule has 0 amide bonds. The maximum atomic E-state index is 12.7. The average Bonchev–Trinajstić information content (AvgIpc) is 2.28. The second-order valence-corrected chi connectivity index (χ2v) is 5.21. The Labute approximate surface area is 112 Å². The van der Waals surface area contributed by atoms with Gasteiger partial charge in [-0.25, -0.2) is 0 Å². The van der Waals surface area contributed by atoms with E-state index in [-0.39, 0.29) is 6.04 Å². The highest BCUT2D eigenvalue weighted by atomic mass is 19.4. The van der Waals surface area contributed by atoms with E-state index in [1.807, 2.05) is 11.9 Å². The molecule has 0 radical (unpaired) electrons. The van der Waals surface area contributed by atoms with Gasteiger partial charge in [-0.05, 0) is 30.7 Å². The molecule has 1 unspecified atom stereocenters. The standard InChI is InChI=1S/C14H21F3N2/c1-10(2)9-19(3)13(8-18)11-5-4-6-12(7-11)14(15,16)17/h4-7,10,13H,8-9,18H2,1-3H3. The summed E-state index contributed by atoms with van der Waals surface area (Å²) in [6.45, 7) is 5.22. The van der Waals surface area contributed by atoms with Gasteiger partial charge < -0.3 is 5.73 Å². The third-order valence-corrected chi connectivity index (χ3v) is 3.01. The van der Waals surface area contributed by atoms with Crippen molar-refractivity contribution < 1.29 is 13.2 Å². The van der Waals surface area contributed by atoms with Crippen LogP contribution in [0.3, 0.4) is 0 Å². The third-order valence-electron chi connectivity index (χ3n) is 3.01. The molecule has 108 valence electrons. The van der Waals surface area contributed by atoms with E-state index in [0.717, 1.165) is 12.6 Å². The van der Waals surface area contributed by atoms with Gasteiger partial charge in [-0.2, -0.15) is 13.2 Å². The number of halogens is 3. The number of likely N-dealkylation sites (N-methyl/N-ethyl adjacent to an activating group) is 1. The van der Waals surface area contributed by atoms with Crippen LogP contribution < -0.4 is 5.73 Å². The molecule has 5 heteroatoms. The summed E-state index contributed by atoms with van der Waals surface area (Å²) in [6, 6.07) is 5.21. The van der Waals surface area contributed by atoms with Crippen LogP contribution in [0.4, 0.5) is 13.2 Å². The molecule has 0 aromatic heterocycles. The van der Waals surface area contributed by atoms with Gasteiger partial charge in [0.05, 0.1) is 5.56 Å². The topological polar surface area (TPSA) is 29.3 Å². The molecule has 0 saturated carbocycles. The molecule has 1 aromatic carbocycles. The van der Waals surface area contributed by atoms with E-state index in [2.05, 4.69) is 13.8 Å². The van der Waals surface area contributed by atoms with Crippen molar-refractivity contribution in [2.45, 2.75) is 26.1 Å². The minimum Gasteiger partial charge on any atom is -0.329 e. The Morgan fingerprint density at radius 1 is 1.26 bits per heavy atom. The number of hydrogen-bond donors (Lipinski definition) is 1. The predicted molar refractivity (Wildman–Crippen MR) is 70.7 cm³/mol. The number of alkyl halides is 3. The summed E-state index contributed by atoms with van der Waals surface area (Å²) in [5.74, 6) is 0.435. The minimum absolute atomic E-state index is 0.190. The van der Waals surface area contributed by atoms with Crippen LogP contribution in [0.15, 0.2) is 24.3 Å². The molecular formula is C14H21F3N2. The predicted octanol–water partition coefficient (Wildman–Crippen LogP) is 3.29. The second kappa shape index (κ2) is 6.39. The Morgan fingerprint density at radius 2 is 1.89 bits per heavy atom. The lowest BCUT2D eigenvalue weighted by Crippen LogP contribution is -2.33. The van der Waals surface area contributed by atoms with Crippen LogP contribution in [0.1, 0.15) is 31.0 Å². The quantitative estimate of drug-likeness (QED) is 0.892. The third kappa shape index (κ3) is 4.51. The van der Waals surface area contributed by atoms with E-state index in [0.29, 0.717) is 18.0 Å². The first-order valence-corrected chi connectivity index (χ1v) is 6.33.